The summed E-state index contributed by atoms with van der Waals surface area (Å²) in [6, 6.07) is 0. The Labute approximate surface area is 181 Å². The van der Waals surface area contributed by atoms with Crippen molar-refractivity contribution in [1.82, 2.24) is 0 Å². The molecule has 2 N–H and O–H groups in total. The van der Waals surface area contributed by atoms with Crippen molar-refractivity contribution in [2.45, 2.75) is 82.8 Å². The van der Waals surface area contributed by atoms with E-state index in [9.17, 15) is 16.8 Å². The van der Waals surface area contributed by atoms with Crippen molar-refractivity contribution in [2.24, 2.45) is 0 Å². The molecular weight excluding hydrogens is 436 g/mol. The average Bonchev–Trinajstić information content (AvgIpc) is 2.60. The summed E-state index contributed by atoms with van der Waals surface area (Å²) in [5, 5.41) is 0. The van der Waals surface area contributed by atoms with Crippen molar-refractivity contribution < 1.29 is 40.2 Å². The van der Waals surface area contributed by atoms with Crippen LogP contribution >= 0.6 is 0 Å². The molecule has 0 spiro atoms. The second-order valence-corrected chi connectivity index (χ2v) is 11.0. The Morgan fingerprint density at radius 2 is 1.27 bits per heavy atom. The van der Waals surface area contributed by atoms with E-state index >= 15 is 0 Å². The average molecular weight is 475 g/mol. The highest BCUT2D eigenvalue weighted by atomic mass is 32.2. The lowest BCUT2D eigenvalue weighted by atomic mass is 9.98. The molecule has 1 unspecified atom stereocenters. The largest absolute Gasteiger partial charge is 0.379 e. The van der Waals surface area contributed by atoms with Gasteiger partial charge in [-0.1, -0.05) is 32.1 Å². The van der Waals surface area contributed by atoms with Crippen molar-refractivity contribution in [3.05, 3.63) is 0 Å². The summed E-state index contributed by atoms with van der Waals surface area (Å²) in [4.78, 5) is 0. The normalized spacial score (nSPS) is 18.1. The Morgan fingerprint density at radius 3 is 1.83 bits per heavy atom. The first kappa shape index (κ1) is 27.7. The van der Waals surface area contributed by atoms with Crippen molar-refractivity contribution >= 4 is 20.2 Å². The van der Waals surface area contributed by atoms with Crippen molar-refractivity contribution in [3.63, 3.8) is 0 Å². The zero-order valence-electron chi connectivity index (χ0n) is 17.7. The number of hydrogen-bond acceptors (Lipinski definition) is 7. The van der Waals surface area contributed by atoms with E-state index in [1.807, 2.05) is 0 Å². The fraction of sp³-hybridized carbons (Fsp3) is 1.00. The lowest BCUT2D eigenvalue weighted by Crippen LogP contribution is -2.29. The van der Waals surface area contributed by atoms with Crippen LogP contribution in [0.3, 0.4) is 0 Å². The molecule has 11 heteroatoms. The van der Waals surface area contributed by atoms with Crippen LogP contribution in [0.5, 0.6) is 0 Å². The Balaban J connectivity index is 2.33. The van der Waals surface area contributed by atoms with Crippen LogP contribution in [0.1, 0.15) is 70.6 Å². The summed E-state index contributed by atoms with van der Waals surface area (Å²) in [5.74, 6) is -0.571. The molecule has 30 heavy (non-hydrogen) atoms. The molecule has 1 atom stereocenters. The summed E-state index contributed by atoms with van der Waals surface area (Å²) in [5.41, 5.74) is 0. The van der Waals surface area contributed by atoms with Gasteiger partial charge in [0.25, 0.3) is 20.2 Å². The van der Waals surface area contributed by atoms with Crippen molar-refractivity contribution in [2.75, 3.05) is 37.9 Å². The van der Waals surface area contributed by atoms with E-state index in [4.69, 9.17) is 23.3 Å². The molecular formula is C19H38O9S2. The van der Waals surface area contributed by atoms with E-state index < -0.39 is 20.2 Å². The zero-order chi connectivity index (χ0) is 22.3. The molecule has 180 valence electrons. The van der Waals surface area contributed by atoms with Gasteiger partial charge in [0.15, 0.2) is 0 Å². The molecule has 9 nitrogen and oxygen atoms in total. The Bertz CT molecular complexity index is 626. The van der Waals surface area contributed by atoms with Gasteiger partial charge in [0.05, 0.1) is 30.8 Å². The fourth-order valence-corrected chi connectivity index (χ4v) is 4.45. The van der Waals surface area contributed by atoms with Crippen molar-refractivity contribution in [3.8, 4) is 0 Å². The van der Waals surface area contributed by atoms with Gasteiger partial charge in [-0.25, -0.2) is 0 Å². The van der Waals surface area contributed by atoms with Crippen LogP contribution in [0.4, 0.5) is 0 Å². The number of unbranched alkanes of at least 4 members (excludes halogenated alkanes) is 2. The predicted molar refractivity (Wildman–Crippen MR) is 114 cm³/mol. The van der Waals surface area contributed by atoms with Gasteiger partial charge < -0.3 is 14.2 Å². The molecule has 0 amide bonds. The number of hydrogen-bond donors (Lipinski definition) is 2. The van der Waals surface area contributed by atoms with Gasteiger partial charge in [-0.05, 0) is 38.5 Å². The summed E-state index contributed by atoms with van der Waals surface area (Å²) in [7, 11) is -7.90. The van der Waals surface area contributed by atoms with Crippen LogP contribution < -0.4 is 0 Å². The molecule has 0 aromatic carbocycles. The van der Waals surface area contributed by atoms with Crippen LogP contribution in [0.2, 0.25) is 0 Å². The minimum absolute atomic E-state index is 0.214. The van der Waals surface area contributed by atoms with Crippen LogP contribution in [-0.2, 0) is 34.4 Å². The van der Waals surface area contributed by atoms with Gasteiger partial charge in [0.1, 0.15) is 6.10 Å². The van der Waals surface area contributed by atoms with Gasteiger partial charge in [0.2, 0.25) is 0 Å². The maximum Gasteiger partial charge on any atom is 0.264 e. The van der Waals surface area contributed by atoms with E-state index in [1.165, 1.54) is 19.3 Å². The van der Waals surface area contributed by atoms with Gasteiger partial charge in [-0.15, -0.1) is 0 Å². The highest BCUT2D eigenvalue weighted by Gasteiger charge is 2.16. The predicted octanol–water partition coefficient (Wildman–Crippen LogP) is 2.85. The van der Waals surface area contributed by atoms with Gasteiger partial charge in [0, 0.05) is 13.2 Å². The maximum absolute atomic E-state index is 10.8. The van der Waals surface area contributed by atoms with Crippen LogP contribution in [0.15, 0.2) is 0 Å². The molecule has 0 aromatic heterocycles. The van der Waals surface area contributed by atoms with Gasteiger partial charge >= 0.3 is 0 Å². The molecule has 1 aliphatic rings. The topological polar surface area (TPSA) is 136 Å². The number of rotatable bonds is 16. The molecule has 1 fully saturated rings. The summed E-state index contributed by atoms with van der Waals surface area (Å²) in [6.45, 7) is 1.35. The standard InChI is InChI=1S/C19H38O9S2/c20-29(21,22)14-8-6-12-26-16-19(27-13-7-9-15-30(23,24)25)17-28-18-10-4-2-1-3-5-11-18/h18-19H,1-17H2,(H,20,21,22)(H,23,24,25). The minimum Gasteiger partial charge on any atom is -0.379 e. The summed E-state index contributed by atoms with van der Waals surface area (Å²) in [6.07, 6.45) is 9.70. The highest BCUT2D eigenvalue weighted by molar-refractivity contribution is 7.86. The summed E-state index contributed by atoms with van der Waals surface area (Å²) >= 11 is 0. The lowest BCUT2D eigenvalue weighted by molar-refractivity contribution is -0.0817. The molecule has 0 heterocycles. The monoisotopic (exact) mass is 474 g/mol. The molecule has 1 saturated carbocycles. The lowest BCUT2D eigenvalue weighted by Gasteiger charge is -2.24. The van der Waals surface area contributed by atoms with E-state index in [-0.39, 0.29) is 30.3 Å². The minimum atomic E-state index is -3.96. The smallest absolute Gasteiger partial charge is 0.264 e. The second kappa shape index (κ2) is 15.5. The fourth-order valence-electron chi connectivity index (χ4n) is 3.31. The first-order chi connectivity index (χ1) is 14.2. The SMILES string of the molecule is O=S(=O)(O)CCCCOCC(COC1CCCCCCC1)OCCCCS(=O)(=O)O. The van der Waals surface area contributed by atoms with Crippen LogP contribution in [0, 0.1) is 0 Å². The molecule has 0 aromatic rings. The van der Waals surface area contributed by atoms with Gasteiger partial charge in [-0.3, -0.25) is 9.11 Å². The van der Waals surface area contributed by atoms with E-state index in [0.29, 0.717) is 45.5 Å². The third kappa shape index (κ3) is 17.4. The molecule has 0 radical (unpaired) electrons. The van der Waals surface area contributed by atoms with E-state index in [1.54, 1.807) is 0 Å². The Kier molecular flexibility index (Phi) is 14.3. The molecule has 1 rings (SSSR count). The Hall–Kier alpha value is -0.300. The second-order valence-electron chi connectivity index (χ2n) is 7.85. The maximum atomic E-state index is 10.8. The third-order valence-electron chi connectivity index (χ3n) is 4.96. The van der Waals surface area contributed by atoms with Gasteiger partial charge in [-0.2, -0.15) is 16.8 Å². The Morgan fingerprint density at radius 1 is 0.733 bits per heavy atom. The summed E-state index contributed by atoms with van der Waals surface area (Å²) < 4.78 is 77.9. The molecule has 0 saturated heterocycles. The quantitative estimate of drug-likeness (QED) is 0.255. The first-order valence-electron chi connectivity index (χ1n) is 10.9. The molecule has 0 bridgehead atoms. The molecule has 0 aliphatic heterocycles. The van der Waals surface area contributed by atoms with Crippen LogP contribution in [0.25, 0.3) is 0 Å². The van der Waals surface area contributed by atoms with E-state index in [2.05, 4.69) is 0 Å². The third-order valence-corrected chi connectivity index (χ3v) is 6.57. The number of ether oxygens (including phenoxy) is 3. The zero-order valence-corrected chi connectivity index (χ0v) is 19.4. The van der Waals surface area contributed by atoms with Crippen molar-refractivity contribution in [1.29, 1.82) is 0 Å². The highest BCUT2D eigenvalue weighted by Crippen LogP contribution is 2.20. The molecule has 1 aliphatic carbocycles. The van der Waals surface area contributed by atoms with Crippen LogP contribution in [-0.4, -0.2) is 76.1 Å². The first-order valence-corrected chi connectivity index (χ1v) is 14.1. The van der Waals surface area contributed by atoms with E-state index in [0.717, 1.165) is 25.7 Å².